The lowest BCUT2D eigenvalue weighted by Crippen LogP contribution is -2.06. The molecule has 0 amide bonds. The van der Waals surface area contributed by atoms with Crippen molar-refractivity contribution < 1.29 is 13.5 Å². The smallest absolute Gasteiger partial charge is 0.160 e. The highest BCUT2D eigenvalue weighted by molar-refractivity contribution is 5.46. The summed E-state index contributed by atoms with van der Waals surface area (Å²) in [5.41, 5.74) is 3.20. The van der Waals surface area contributed by atoms with Crippen LogP contribution < -0.4 is 10.1 Å². The minimum atomic E-state index is -0.874. The summed E-state index contributed by atoms with van der Waals surface area (Å²) in [6, 6.07) is 3.70. The van der Waals surface area contributed by atoms with Crippen LogP contribution in [0.5, 0.6) is 5.75 Å². The standard InChI is InChI=1S/C15H16F2N2O/c1-9-7-19-14(10(2)15(9)20-3)8-18-11-4-5-12(16)13(17)6-11/h4-7,18H,8H2,1-3H3. The molecule has 0 fully saturated rings. The van der Waals surface area contributed by atoms with Crippen molar-refractivity contribution in [2.24, 2.45) is 0 Å². The zero-order valence-electron chi connectivity index (χ0n) is 11.6. The van der Waals surface area contributed by atoms with Crippen LogP contribution in [-0.2, 0) is 6.54 Å². The largest absolute Gasteiger partial charge is 0.496 e. The van der Waals surface area contributed by atoms with Gasteiger partial charge in [0.15, 0.2) is 11.6 Å². The molecule has 0 unspecified atom stereocenters. The molecule has 0 aliphatic rings. The Bertz CT molecular complexity index is 630. The van der Waals surface area contributed by atoms with Gasteiger partial charge < -0.3 is 10.1 Å². The number of aromatic nitrogens is 1. The van der Waals surface area contributed by atoms with Crippen LogP contribution in [0.25, 0.3) is 0 Å². The van der Waals surface area contributed by atoms with Gasteiger partial charge in [-0.3, -0.25) is 4.98 Å². The Balaban J connectivity index is 2.16. The summed E-state index contributed by atoms with van der Waals surface area (Å²) in [7, 11) is 1.61. The average molecular weight is 278 g/mol. The van der Waals surface area contributed by atoms with Crippen molar-refractivity contribution in [1.29, 1.82) is 0 Å². The second-order valence-corrected chi connectivity index (χ2v) is 4.53. The molecule has 0 aliphatic carbocycles. The number of hydrogen-bond acceptors (Lipinski definition) is 3. The maximum atomic E-state index is 13.1. The molecule has 1 aromatic carbocycles. The molecule has 1 N–H and O–H groups in total. The van der Waals surface area contributed by atoms with E-state index < -0.39 is 11.6 Å². The second-order valence-electron chi connectivity index (χ2n) is 4.53. The zero-order chi connectivity index (χ0) is 14.7. The summed E-state index contributed by atoms with van der Waals surface area (Å²) in [4.78, 5) is 4.33. The van der Waals surface area contributed by atoms with E-state index >= 15 is 0 Å². The lowest BCUT2D eigenvalue weighted by molar-refractivity contribution is 0.407. The Morgan fingerprint density at radius 2 is 1.95 bits per heavy atom. The molecule has 0 spiro atoms. The summed E-state index contributed by atoms with van der Waals surface area (Å²) in [5, 5.41) is 3.02. The van der Waals surface area contributed by atoms with E-state index in [0.29, 0.717) is 12.2 Å². The maximum Gasteiger partial charge on any atom is 0.160 e. The first-order chi connectivity index (χ1) is 9.52. The number of nitrogens with one attached hydrogen (secondary N) is 1. The average Bonchev–Trinajstić information content (AvgIpc) is 2.42. The Kier molecular flexibility index (Phi) is 4.17. The first-order valence-electron chi connectivity index (χ1n) is 6.21. The van der Waals surface area contributed by atoms with E-state index in [1.165, 1.54) is 6.07 Å². The van der Waals surface area contributed by atoms with E-state index in [9.17, 15) is 8.78 Å². The fraction of sp³-hybridized carbons (Fsp3) is 0.267. The number of halogens is 2. The van der Waals surface area contributed by atoms with Crippen LogP contribution in [0.15, 0.2) is 24.4 Å². The Morgan fingerprint density at radius 1 is 1.20 bits per heavy atom. The molecule has 1 heterocycles. The van der Waals surface area contributed by atoms with Crippen molar-refractivity contribution in [2.45, 2.75) is 20.4 Å². The number of ether oxygens (including phenoxy) is 1. The van der Waals surface area contributed by atoms with E-state index in [-0.39, 0.29) is 0 Å². The number of pyridine rings is 1. The Hall–Kier alpha value is -2.17. The van der Waals surface area contributed by atoms with Gasteiger partial charge in [0.1, 0.15) is 5.75 Å². The number of anilines is 1. The Morgan fingerprint density at radius 3 is 2.60 bits per heavy atom. The van der Waals surface area contributed by atoms with Gasteiger partial charge in [-0.1, -0.05) is 0 Å². The van der Waals surface area contributed by atoms with Gasteiger partial charge in [0, 0.05) is 29.1 Å². The van der Waals surface area contributed by atoms with Crippen molar-refractivity contribution in [3.63, 3.8) is 0 Å². The number of rotatable bonds is 4. The molecule has 1 aromatic heterocycles. The van der Waals surface area contributed by atoms with E-state index in [2.05, 4.69) is 10.3 Å². The molecule has 20 heavy (non-hydrogen) atoms. The number of hydrogen-bond donors (Lipinski definition) is 1. The first-order valence-corrected chi connectivity index (χ1v) is 6.21. The van der Waals surface area contributed by atoms with Gasteiger partial charge >= 0.3 is 0 Å². The van der Waals surface area contributed by atoms with E-state index in [1.807, 2.05) is 13.8 Å². The lowest BCUT2D eigenvalue weighted by Gasteiger charge is -2.13. The van der Waals surface area contributed by atoms with E-state index in [4.69, 9.17) is 4.74 Å². The molecule has 2 aromatic rings. The van der Waals surface area contributed by atoms with Gasteiger partial charge in [-0.25, -0.2) is 8.78 Å². The first kappa shape index (κ1) is 14.2. The fourth-order valence-electron chi connectivity index (χ4n) is 2.04. The van der Waals surface area contributed by atoms with Gasteiger partial charge in [0.25, 0.3) is 0 Å². The topological polar surface area (TPSA) is 34.1 Å². The summed E-state index contributed by atoms with van der Waals surface area (Å²) in [6.45, 7) is 4.25. The molecule has 0 bridgehead atoms. The molecule has 106 valence electrons. The molecule has 0 saturated carbocycles. The van der Waals surface area contributed by atoms with Crippen molar-refractivity contribution in [3.8, 4) is 5.75 Å². The molecule has 3 nitrogen and oxygen atoms in total. The molecule has 0 radical (unpaired) electrons. The molecule has 2 rings (SSSR count). The van der Waals surface area contributed by atoms with Gasteiger partial charge in [-0.2, -0.15) is 0 Å². The van der Waals surface area contributed by atoms with Crippen LogP contribution in [-0.4, -0.2) is 12.1 Å². The third-order valence-electron chi connectivity index (χ3n) is 3.13. The number of benzene rings is 1. The van der Waals surface area contributed by atoms with E-state index in [0.717, 1.165) is 34.7 Å². The van der Waals surface area contributed by atoms with Gasteiger partial charge in [0.05, 0.1) is 19.3 Å². The molecule has 0 aliphatic heterocycles. The van der Waals surface area contributed by atoms with Crippen LogP contribution in [0.3, 0.4) is 0 Å². The molecule has 0 saturated heterocycles. The number of nitrogens with zero attached hydrogens (tertiary/aromatic N) is 1. The minimum Gasteiger partial charge on any atom is -0.496 e. The number of methoxy groups -OCH3 is 1. The zero-order valence-corrected chi connectivity index (χ0v) is 11.6. The quantitative estimate of drug-likeness (QED) is 0.928. The predicted molar refractivity (Wildman–Crippen MR) is 73.9 cm³/mol. The van der Waals surface area contributed by atoms with Crippen LogP contribution in [0, 0.1) is 25.5 Å². The maximum absolute atomic E-state index is 13.1. The van der Waals surface area contributed by atoms with Gasteiger partial charge in [-0.15, -0.1) is 0 Å². The van der Waals surface area contributed by atoms with Crippen LogP contribution >= 0.6 is 0 Å². The normalized spacial score (nSPS) is 10.4. The summed E-state index contributed by atoms with van der Waals surface area (Å²) in [5.74, 6) is -0.940. The lowest BCUT2D eigenvalue weighted by atomic mass is 10.1. The highest BCUT2D eigenvalue weighted by Crippen LogP contribution is 2.24. The van der Waals surface area contributed by atoms with Crippen LogP contribution in [0.2, 0.25) is 0 Å². The third-order valence-corrected chi connectivity index (χ3v) is 3.13. The fourth-order valence-corrected chi connectivity index (χ4v) is 2.04. The molecule has 5 heteroatoms. The molecule has 0 atom stereocenters. The Labute approximate surface area is 116 Å². The summed E-state index contributed by atoms with van der Waals surface area (Å²) >= 11 is 0. The second kappa shape index (κ2) is 5.86. The molecular weight excluding hydrogens is 262 g/mol. The summed E-state index contributed by atoms with van der Waals surface area (Å²) in [6.07, 6.45) is 1.73. The highest BCUT2D eigenvalue weighted by Gasteiger charge is 2.09. The SMILES string of the molecule is COc1c(C)cnc(CNc2ccc(F)c(F)c2)c1C. The molecular formula is C15H16F2N2O. The van der Waals surface area contributed by atoms with E-state index in [1.54, 1.807) is 13.3 Å². The van der Waals surface area contributed by atoms with Crippen molar-refractivity contribution in [2.75, 3.05) is 12.4 Å². The van der Waals surface area contributed by atoms with Gasteiger partial charge in [-0.05, 0) is 26.0 Å². The van der Waals surface area contributed by atoms with Crippen molar-refractivity contribution >= 4 is 5.69 Å². The van der Waals surface area contributed by atoms with Crippen molar-refractivity contribution in [1.82, 2.24) is 4.98 Å². The minimum absolute atomic E-state index is 0.410. The summed E-state index contributed by atoms with van der Waals surface area (Å²) < 4.78 is 31.3. The van der Waals surface area contributed by atoms with Gasteiger partial charge in [0.2, 0.25) is 0 Å². The van der Waals surface area contributed by atoms with Crippen molar-refractivity contribution in [3.05, 3.63) is 52.9 Å². The predicted octanol–water partition coefficient (Wildman–Crippen LogP) is 3.60. The third kappa shape index (κ3) is 2.87. The monoisotopic (exact) mass is 278 g/mol. The number of aryl methyl sites for hydroxylation is 1. The van der Waals surface area contributed by atoms with Crippen LogP contribution in [0.4, 0.5) is 14.5 Å². The highest BCUT2D eigenvalue weighted by atomic mass is 19.2. The van der Waals surface area contributed by atoms with Crippen LogP contribution in [0.1, 0.15) is 16.8 Å².